The topological polar surface area (TPSA) is 86.7 Å². The fourth-order valence-electron chi connectivity index (χ4n) is 2.62. The number of carbonyl (C=O) groups excluding carboxylic acids is 2. The van der Waals surface area contributed by atoms with E-state index in [9.17, 15) is 14.4 Å². The van der Waals surface area contributed by atoms with Gasteiger partial charge in [-0.2, -0.15) is 0 Å². The fourth-order valence-corrected chi connectivity index (χ4v) is 2.92. The number of nitrogens with one attached hydrogen (secondary N) is 1. The lowest BCUT2D eigenvalue weighted by molar-refractivity contribution is -0.137. The van der Waals surface area contributed by atoms with Crippen LogP contribution in [0.2, 0.25) is 10.0 Å². The molecule has 1 aliphatic rings. The van der Waals surface area contributed by atoms with Gasteiger partial charge in [-0.1, -0.05) is 23.2 Å². The molecule has 130 valence electrons. The van der Waals surface area contributed by atoms with Gasteiger partial charge in [0.1, 0.15) is 0 Å². The highest BCUT2D eigenvalue weighted by molar-refractivity contribution is 6.42. The molecule has 1 aliphatic heterocycles. The van der Waals surface area contributed by atoms with Crippen molar-refractivity contribution in [2.45, 2.75) is 19.3 Å². The third-order valence-corrected chi connectivity index (χ3v) is 4.62. The molecule has 1 atom stereocenters. The molecule has 0 aromatic heterocycles. The van der Waals surface area contributed by atoms with E-state index in [1.807, 2.05) is 0 Å². The van der Waals surface area contributed by atoms with E-state index in [2.05, 4.69) is 5.32 Å². The van der Waals surface area contributed by atoms with Crippen LogP contribution in [0.5, 0.6) is 0 Å². The highest BCUT2D eigenvalue weighted by Gasteiger charge is 2.29. The standard InChI is InChI=1S/C16H18Cl2N2O4/c17-12-4-3-10(8-13(12)18)16(24)20-7-1-2-11(9-20)15(23)19-6-5-14(21)22/h3-4,8,11H,1-2,5-7,9H2,(H,19,23)(H,21,22). The summed E-state index contributed by atoms with van der Waals surface area (Å²) in [6.45, 7) is 0.960. The first-order chi connectivity index (χ1) is 11.4. The van der Waals surface area contributed by atoms with Crippen LogP contribution in [-0.2, 0) is 9.59 Å². The van der Waals surface area contributed by atoms with Crippen molar-refractivity contribution in [1.82, 2.24) is 10.2 Å². The second-order valence-electron chi connectivity index (χ2n) is 5.65. The first-order valence-corrected chi connectivity index (χ1v) is 8.38. The minimum Gasteiger partial charge on any atom is -0.481 e. The van der Waals surface area contributed by atoms with Crippen molar-refractivity contribution in [1.29, 1.82) is 0 Å². The van der Waals surface area contributed by atoms with Crippen LogP contribution in [0.1, 0.15) is 29.6 Å². The van der Waals surface area contributed by atoms with E-state index >= 15 is 0 Å². The van der Waals surface area contributed by atoms with Gasteiger partial charge in [0, 0.05) is 25.2 Å². The molecule has 1 aromatic rings. The third-order valence-electron chi connectivity index (χ3n) is 3.88. The quantitative estimate of drug-likeness (QED) is 0.830. The zero-order valence-corrected chi connectivity index (χ0v) is 14.4. The number of hydrogen-bond donors (Lipinski definition) is 2. The van der Waals surface area contributed by atoms with Gasteiger partial charge >= 0.3 is 5.97 Å². The van der Waals surface area contributed by atoms with Crippen LogP contribution >= 0.6 is 23.2 Å². The number of carboxylic acids is 1. The number of nitrogens with zero attached hydrogens (tertiary/aromatic N) is 1. The van der Waals surface area contributed by atoms with Gasteiger partial charge in [-0.05, 0) is 31.0 Å². The number of rotatable bonds is 5. The predicted molar refractivity (Wildman–Crippen MR) is 90.4 cm³/mol. The SMILES string of the molecule is O=C(O)CCNC(=O)C1CCCN(C(=O)c2ccc(Cl)c(Cl)c2)C1. The van der Waals surface area contributed by atoms with E-state index in [4.69, 9.17) is 28.3 Å². The molecule has 1 heterocycles. The summed E-state index contributed by atoms with van der Waals surface area (Å²) in [5, 5.41) is 11.9. The molecule has 0 spiro atoms. The van der Waals surface area contributed by atoms with Gasteiger partial charge < -0.3 is 15.3 Å². The van der Waals surface area contributed by atoms with Crippen molar-refractivity contribution < 1.29 is 19.5 Å². The van der Waals surface area contributed by atoms with E-state index in [-0.39, 0.29) is 30.7 Å². The van der Waals surface area contributed by atoms with E-state index in [0.29, 0.717) is 41.5 Å². The van der Waals surface area contributed by atoms with Crippen molar-refractivity contribution in [3.05, 3.63) is 33.8 Å². The predicted octanol–water partition coefficient (Wildman–Crippen LogP) is 2.44. The molecule has 2 N–H and O–H groups in total. The molecule has 2 rings (SSSR count). The summed E-state index contributed by atoms with van der Waals surface area (Å²) in [6, 6.07) is 4.69. The van der Waals surface area contributed by atoms with Crippen LogP contribution in [0.15, 0.2) is 18.2 Å². The van der Waals surface area contributed by atoms with Crippen molar-refractivity contribution in [3.8, 4) is 0 Å². The Balaban J connectivity index is 1.96. The molecular formula is C16H18Cl2N2O4. The van der Waals surface area contributed by atoms with Gasteiger partial charge in [0.2, 0.25) is 5.91 Å². The lowest BCUT2D eigenvalue weighted by Gasteiger charge is -2.32. The normalized spacial score (nSPS) is 17.4. The molecule has 6 nitrogen and oxygen atoms in total. The number of amides is 2. The zero-order chi connectivity index (χ0) is 17.7. The summed E-state index contributed by atoms with van der Waals surface area (Å²) in [7, 11) is 0. The average molecular weight is 373 g/mol. The Hall–Kier alpha value is -1.79. The van der Waals surface area contributed by atoms with Crippen LogP contribution in [0.4, 0.5) is 0 Å². The number of carboxylic acid groups (broad SMARTS) is 1. The summed E-state index contributed by atoms with van der Waals surface area (Å²) in [4.78, 5) is 36.7. The lowest BCUT2D eigenvalue weighted by Crippen LogP contribution is -2.45. The van der Waals surface area contributed by atoms with Gasteiger partial charge in [0.25, 0.3) is 5.91 Å². The minimum absolute atomic E-state index is 0.0887. The maximum atomic E-state index is 12.5. The molecule has 1 aromatic carbocycles. The number of hydrogen-bond acceptors (Lipinski definition) is 3. The molecule has 0 radical (unpaired) electrons. The summed E-state index contributed by atoms with van der Waals surface area (Å²) in [5.74, 6) is -1.71. The first-order valence-electron chi connectivity index (χ1n) is 7.62. The fraction of sp³-hybridized carbons (Fsp3) is 0.438. The van der Waals surface area contributed by atoms with Crippen molar-refractivity contribution in [2.75, 3.05) is 19.6 Å². The average Bonchev–Trinajstić information content (AvgIpc) is 2.56. The summed E-state index contributed by atoms with van der Waals surface area (Å²) >= 11 is 11.8. The Bertz CT molecular complexity index is 651. The maximum absolute atomic E-state index is 12.5. The second kappa shape index (κ2) is 8.35. The molecule has 1 saturated heterocycles. The molecule has 24 heavy (non-hydrogen) atoms. The smallest absolute Gasteiger partial charge is 0.305 e. The largest absolute Gasteiger partial charge is 0.481 e. The van der Waals surface area contributed by atoms with E-state index in [1.54, 1.807) is 17.0 Å². The van der Waals surface area contributed by atoms with Crippen LogP contribution in [0, 0.1) is 5.92 Å². The Morgan fingerprint density at radius 3 is 2.67 bits per heavy atom. The molecular weight excluding hydrogens is 355 g/mol. The highest BCUT2D eigenvalue weighted by Crippen LogP contribution is 2.25. The number of carbonyl (C=O) groups is 3. The third kappa shape index (κ3) is 4.85. The molecule has 2 amide bonds. The zero-order valence-electron chi connectivity index (χ0n) is 12.9. The summed E-state index contributed by atoms with van der Waals surface area (Å²) in [5.41, 5.74) is 0.427. The van der Waals surface area contributed by atoms with Gasteiger partial charge in [-0.25, -0.2) is 0 Å². The molecule has 0 aliphatic carbocycles. The first kappa shape index (κ1) is 18.5. The number of aliphatic carboxylic acids is 1. The van der Waals surface area contributed by atoms with E-state index in [0.717, 1.165) is 0 Å². The minimum atomic E-state index is -0.963. The van der Waals surface area contributed by atoms with Crippen molar-refractivity contribution in [2.24, 2.45) is 5.92 Å². The molecule has 1 unspecified atom stereocenters. The van der Waals surface area contributed by atoms with Gasteiger partial charge in [-0.3, -0.25) is 14.4 Å². The van der Waals surface area contributed by atoms with Crippen LogP contribution in [0.3, 0.4) is 0 Å². The number of halogens is 2. The van der Waals surface area contributed by atoms with Crippen LogP contribution < -0.4 is 5.32 Å². The Morgan fingerprint density at radius 2 is 2.00 bits per heavy atom. The van der Waals surface area contributed by atoms with Gasteiger partial charge in [0.15, 0.2) is 0 Å². The number of benzene rings is 1. The molecule has 0 saturated carbocycles. The van der Waals surface area contributed by atoms with Crippen LogP contribution in [-0.4, -0.2) is 47.4 Å². The molecule has 0 bridgehead atoms. The Labute approximate surface area is 149 Å². The molecule has 1 fully saturated rings. The van der Waals surface area contributed by atoms with E-state index < -0.39 is 5.97 Å². The van der Waals surface area contributed by atoms with Crippen molar-refractivity contribution in [3.63, 3.8) is 0 Å². The summed E-state index contributed by atoms with van der Waals surface area (Å²) < 4.78 is 0. The maximum Gasteiger partial charge on any atom is 0.305 e. The van der Waals surface area contributed by atoms with Crippen molar-refractivity contribution >= 4 is 41.0 Å². The van der Waals surface area contributed by atoms with Crippen LogP contribution in [0.25, 0.3) is 0 Å². The Kier molecular flexibility index (Phi) is 6.45. The summed E-state index contributed by atoms with van der Waals surface area (Å²) in [6.07, 6.45) is 1.26. The Morgan fingerprint density at radius 1 is 1.25 bits per heavy atom. The molecule has 8 heteroatoms. The number of piperidine rings is 1. The van der Waals surface area contributed by atoms with E-state index in [1.165, 1.54) is 6.07 Å². The van der Waals surface area contributed by atoms with Gasteiger partial charge in [-0.15, -0.1) is 0 Å². The lowest BCUT2D eigenvalue weighted by atomic mass is 9.96. The monoisotopic (exact) mass is 372 g/mol. The highest BCUT2D eigenvalue weighted by atomic mass is 35.5. The van der Waals surface area contributed by atoms with Gasteiger partial charge in [0.05, 0.1) is 22.4 Å². The second-order valence-corrected chi connectivity index (χ2v) is 6.47. The number of likely N-dealkylation sites (tertiary alicyclic amines) is 1.